The zero-order valence-electron chi connectivity index (χ0n) is 18.6. The van der Waals surface area contributed by atoms with Crippen LogP contribution < -0.4 is 10.9 Å². The van der Waals surface area contributed by atoms with Crippen LogP contribution in [0.3, 0.4) is 0 Å². The zero-order valence-corrected chi connectivity index (χ0v) is 18.6. The predicted octanol–water partition coefficient (Wildman–Crippen LogP) is 3.51. The summed E-state index contributed by atoms with van der Waals surface area (Å²) in [7, 11) is 0. The maximum absolute atomic E-state index is 13.0. The number of aromatic nitrogens is 1. The number of furan rings is 1. The van der Waals surface area contributed by atoms with Gasteiger partial charge in [0.1, 0.15) is 16.9 Å². The molecule has 0 bridgehead atoms. The molecule has 2 aromatic heterocycles. The zero-order chi connectivity index (χ0) is 22.3. The number of amides is 1. The molecule has 0 unspecified atom stereocenters. The topological polar surface area (TPSA) is 76.7 Å². The number of benzene rings is 1. The molecule has 7 nitrogen and oxygen atoms in total. The third kappa shape index (κ3) is 5.29. The molecule has 4 rings (SSSR count). The van der Waals surface area contributed by atoms with Crippen LogP contribution in [-0.4, -0.2) is 54.8 Å². The highest BCUT2D eigenvalue weighted by molar-refractivity contribution is 5.95. The summed E-state index contributed by atoms with van der Waals surface area (Å²) in [6.45, 7) is 7.46. The molecule has 1 aliphatic heterocycles. The van der Waals surface area contributed by atoms with Crippen molar-refractivity contribution in [3.63, 3.8) is 0 Å². The Labute approximate surface area is 188 Å². The second-order valence-electron chi connectivity index (χ2n) is 8.21. The summed E-state index contributed by atoms with van der Waals surface area (Å²) in [6, 6.07) is 11.4. The van der Waals surface area contributed by atoms with Gasteiger partial charge >= 0.3 is 0 Å². The van der Waals surface area contributed by atoms with Gasteiger partial charge in [-0.05, 0) is 37.6 Å². The maximum atomic E-state index is 13.0. The van der Waals surface area contributed by atoms with Crippen LogP contribution >= 0.6 is 0 Å². The van der Waals surface area contributed by atoms with Crippen molar-refractivity contribution < 1.29 is 13.9 Å². The van der Waals surface area contributed by atoms with Crippen molar-refractivity contribution in [3.8, 4) is 11.3 Å². The van der Waals surface area contributed by atoms with Crippen molar-refractivity contribution in [1.82, 2.24) is 14.8 Å². The fourth-order valence-electron chi connectivity index (χ4n) is 3.98. The van der Waals surface area contributed by atoms with Crippen molar-refractivity contribution in [2.24, 2.45) is 0 Å². The Kier molecular flexibility index (Phi) is 7.39. The fraction of sp³-hybridized carbons (Fsp3) is 0.440. The van der Waals surface area contributed by atoms with Crippen LogP contribution in [0.4, 0.5) is 0 Å². The first-order chi connectivity index (χ1) is 15.7. The number of aryl methyl sites for hydroxylation is 1. The number of rotatable bonds is 9. The van der Waals surface area contributed by atoms with Gasteiger partial charge in [-0.15, -0.1) is 0 Å². The molecule has 0 radical (unpaired) electrons. The molecule has 0 spiro atoms. The number of nitrogens with one attached hydrogen (secondary N) is 1. The number of nitrogens with zero attached hydrogens (tertiary/aromatic N) is 2. The van der Waals surface area contributed by atoms with E-state index in [-0.39, 0.29) is 17.0 Å². The first kappa shape index (κ1) is 22.3. The van der Waals surface area contributed by atoms with Gasteiger partial charge in [0.05, 0.1) is 13.2 Å². The second-order valence-corrected chi connectivity index (χ2v) is 8.21. The molecule has 1 N–H and O–H groups in total. The lowest BCUT2D eigenvalue weighted by Gasteiger charge is -2.26. The molecule has 7 heteroatoms. The summed E-state index contributed by atoms with van der Waals surface area (Å²) in [5, 5.41) is 3.92. The van der Waals surface area contributed by atoms with Gasteiger partial charge < -0.3 is 19.0 Å². The third-order valence-electron chi connectivity index (χ3n) is 5.83. The molecule has 1 aliphatic rings. The molecule has 170 valence electrons. The molecule has 1 fully saturated rings. The lowest BCUT2D eigenvalue weighted by Crippen LogP contribution is -2.38. The number of morpholine rings is 1. The van der Waals surface area contributed by atoms with E-state index < -0.39 is 0 Å². The van der Waals surface area contributed by atoms with Crippen LogP contribution in [0.15, 0.2) is 51.8 Å². The minimum Gasteiger partial charge on any atom is -0.456 e. The smallest absolute Gasteiger partial charge is 0.263 e. The summed E-state index contributed by atoms with van der Waals surface area (Å²) in [5.74, 6) is 0.318. The fourth-order valence-corrected chi connectivity index (χ4v) is 3.98. The van der Waals surface area contributed by atoms with E-state index in [2.05, 4.69) is 17.1 Å². The molecule has 1 aromatic carbocycles. The molecule has 0 aliphatic carbocycles. The molecule has 0 saturated carbocycles. The van der Waals surface area contributed by atoms with Crippen LogP contribution in [0.2, 0.25) is 0 Å². The SMILES string of the molecule is CCCCn1cc(-c2cc3ccccc3o2)cc(C(=O)NCCCN2CCOCC2)c1=O. The quantitative estimate of drug-likeness (QED) is 0.519. The Morgan fingerprint density at radius 2 is 1.91 bits per heavy atom. The Morgan fingerprint density at radius 1 is 1.09 bits per heavy atom. The molecule has 0 atom stereocenters. The lowest BCUT2D eigenvalue weighted by molar-refractivity contribution is 0.0374. The van der Waals surface area contributed by atoms with Gasteiger partial charge in [-0.1, -0.05) is 31.5 Å². The number of carbonyl (C=O) groups is 1. The van der Waals surface area contributed by atoms with E-state index in [0.717, 1.165) is 68.6 Å². The first-order valence-electron chi connectivity index (χ1n) is 11.5. The summed E-state index contributed by atoms with van der Waals surface area (Å²) in [5.41, 5.74) is 1.41. The summed E-state index contributed by atoms with van der Waals surface area (Å²) in [4.78, 5) is 28.2. The van der Waals surface area contributed by atoms with Crippen molar-refractivity contribution in [3.05, 3.63) is 58.5 Å². The van der Waals surface area contributed by atoms with Crippen molar-refractivity contribution in [2.45, 2.75) is 32.7 Å². The molecule has 32 heavy (non-hydrogen) atoms. The van der Waals surface area contributed by atoms with Crippen molar-refractivity contribution in [2.75, 3.05) is 39.4 Å². The van der Waals surface area contributed by atoms with E-state index in [1.165, 1.54) is 0 Å². The van der Waals surface area contributed by atoms with Gasteiger partial charge in [0.2, 0.25) is 0 Å². The van der Waals surface area contributed by atoms with Gasteiger partial charge in [-0.3, -0.25) is 14.5 Å². The van der Waals surface area contributed by atoms with E-state index in [1.807, 2.05) is 30.3 Å². The summed E-state index contributed by atoms with van der Waals surface area (Å²) < 4.78 is 13.0. The number of hydrogen-bond acceptors (Lipinski definition) is 5. The first-order valence-corrected chi connectivity index (χ1v) is 11.5. The number of fused-ring (bicyclic) bond motifs is 1. The van der Waals surface area contributed by atoms with Crippen LogP contribution in [-0.2, 0) is 11.3 Å². The van der Waals surface area contributed by atoms with Gasteiger partial charge in [0.15, 0.2) is 0 Å². The Morgan fingerprint density at radius 3 is 2.69 bits per heavy atom. The molecule has 1 amide bonds. The minimum atomic E-state index is -0.333. The minimum absolute atomic E-state index is 0.158. The van der Waals surface area contributed by atoms with Crippen LogP contribution in [0.25, 0.3) is 22.3 Å². The van der Waals surface area contributed by atoms with E-state index >= 15 is 0 Å². The second kappa shape index (κ2) is 10.6. The van der Waals surface area contributed by atoms with Crippen molar-refractivity contribution >= 4 is 16.9 Å². The number of carbonyl (C=O) groups excluding carboxylic acids is 1. The van der Waals surface area contributed by atoms with Crippen LogP contribution in [0.5, 0.6) is 0 Å². The van der Waals surface area contributed by atoms with E-state index in [4.69, 9.17) is 9.15 Å². The van der Waals surface area contributed by atoms with E-state index in [1.54, 1.807) is 16.8 Å². The average Bonchev–Trinajstić information content (AvgIpc) is 3.26. The third-order valence-corrected chi connectivity index (χ3v) is 5.83. The average molecular weight is 438 g/mol. The van der Waals surface area contributed by atoms with Crippen LogP contribution in [0, 0.1) is 0 Å². The van der Waals surface area contributed by atoms with E-state index in [9.17, 15) is 9.59 Å². The van der Waals surface area contributed by atoms with Gasteiger partial charge in [0.25, 0.3) is 11.5 Å². The predicted molar refractivity (Wildman–Crippen MR) is 125 cm³/mol. The number of ether oxygens (including phenoxy) is 1. The Hall–Kier alpha value is -2.90. The normalized spacial score (nSPS) is 14.7. The Balaban J connectivity index is 1.52. The molecule has 1 saturated heterocycles. The highest BCUT2D eigenvalue weighted by Gasteiger charge is 2.17. The van der Waals surface area contributed by atoms with Crippen molar-refractivity contribution in [1.29, 1.82) is 0 Å². The number of hydrogen-bond donors (Lipinski definition) is 1. The van der Waals surface area contributed by atoms with Gasteiger partial charge in [0, 0.05) is 43.3 Å². The summed E-state index contributed by atoms with van der Waals surface area (Å²) in [6.07, 6.45) is 4.46. The number of para-hydroxylation sites is 1. The number of unbranched alkanes of at least 4 members (excludes halogenated alkanes) is 1. The van der Waals surface area contributed by atoms with Crippen LogP contribution in [0.1, 0.15) is 36.5 Å². The highest BCUT2D eigenvalue weighted by Crippen LogP contribution is 2.27. The summed E-state index contributed by atoms with van der Waals surface area (Å²) >= 11 is 0. The lowest BCUT2D eigenvalue weighted by atomic mass is 10.1. The number of pyridine rings is 1. The Bertz CT molecular complexity index is 1080. The molecular formula is C25H31N3O4. The highest BCUT2D eigenvalue weighted by atomic mass is 16.5. The largest absolute Gasteiger partial charge is 0.456 e. The molecule has 3 heterocycles. The maximum Gasteiger partial charge on any atom is 0.263 e. The van der Waals surface area contributed by atoms with Gasteiger partial charge in [-0.25, -0.2) is 0 Å². The molecular weight excluding hydrogens is 406 g/mol. The standard InChI is InChI=1S/C25H31N3O4/c1-2-3-11-28-18-20(23-17-19-7-4-5-8-22(19)32-23)16-21(25(28)30)24(29)26-9-6-10-27-12-14-31-15-13-27/h4-5,7-8,16-18H,2-3,6,9-15H2,1H3,(H,26,29). The monoisotopic (exact) mass is 437 g/mol. The van der Waals surface area contributed by atoms with Gasteiger partial charge in [-0.2, -0.15) is 0 Å². The van der Waals surface area contributed by atoms with E-state index in [0.29, 0.717) is 18.8 Å². The molecule has 3 aromatic rings.